The Balaban J connectivity index is 1.30. The lowest BCUT2D eigenvalue weighted by Crippen LogP contribution is -2.50. The Morgan fingerprint density at radius 1 is 0.933 bits per heavy atom. The third-order valence-corrected chi connectivity index (χ3v) is 8.83. The molecule has 2 N–H and O–H groups in total. The smallest absolute Gasteiger partial charge is 0.237 e. The molecule has 8 atom stereocenters. The average Bonchev–Trinajstić information content (AvgIpc) is 3.17. The fourth-order valence-corrected chi connectivity index (χ4v) is 6.99. The van der Waals surface area contributed by atoms with Gasteiger partial charge in [0.2, 0.25) is 5.91 Å². The van der Waals surface area contributed by atoms with Crippen LogP contribution in [-0.2, 0) is 4.79 Å². The number of hydrogen-bond donors (Lipinski definition) is 2. The molecule has 3 saturated carbocycles. The number of nitrogens with one attached hydrogen (secondary N) is 2. The number of nitrogens with zero attached hydrogens (tertiary/aromatic N) is 1. The topological polar surface area (TPSA) is 44.4 Å². The fourth-order valence-electron chi connectivity index (χ4n) is 6.99. The second-order valence-corrected chi connectivity index (χ2v) is 11.0. The van der Waals surface area contributed by atoms with Gasteiger partial charge < -0.3 is 15.5 Å². The first-order valence-electron chi connectivity index (χ1n) is 12.3. The molecule has 1 heterocycles. The van der Waals surface area contributed by atoms with Gasteiger partial charge in [0.05, 0.1) is 6.04 Å². The van der Waals surface area contributed by atoms with E-state index >= 15 is 0 Å². The SMILES string of the molecule is CC1CCC(F)C2CC(C(=O)NC3CC(F)CC(C4CCC(N(C)C)CC4)C3)NC12. The van der Waals surface area contributed by atoms with Crippen LogP contribution in [0.1, 0.15) is 71.1 Å². The predicted molar refractivity (Wildman–Crippen MR) is 116 cm³/mol. The summed E-state index contributed by atoms with van der Waals surface area (Å²) in [5, 5.41) is 6.57. The number of carbonyl (C=O) groups excluding carboxylic acids is 1. The lowest BCUT2D eigenvalue weighted by atomic mass is 9.70. The zero-order valence-corrected chi connectivity index (χ0v) is 19.0. The maximum absolute atomic E-state index is 14.6. The number of amides is 1. The zero-order chi connectivity index (χ0) is 21.4. The van der Waals surface area contributed by atoms with Crippen LogP contribution in [0.25, 0.3) is 0 Å². The lowest BCUT2D eigenvalue weighted by Gasteiger charge is -2.41. The molecule has 1 saturated heterocycles. The summed E-state index contributed by atoms with van der Waals surface area (Å²) in [6.07, 6.45) is 7.14. The molecule has 30 heavy (non-hydrogen) atoms. The quantitative estimate of drug-likeness (QED) is 0.719. The summed E-state index contributed by atoms with van der Waals surface area (Å²) in [5.74, 6) is 1.27. The molecule has 8 unspecified atom stereocenters. The summed E-state index contributed by atoms with van der Waals surface area (Å²) < 4.78 is 29.0. The Kier molecular flexibility index (Phi) is 7.03. The van der Waals surface area contributed by atoms with E-state index in [9.17, 15) is 13.6 Å². The van der Waals surface area contributed by atoms with Crippen molar-refractivity contribution in [2.24, 2.45) is 23.7 Å². The fraction of sp³-hybridized carbons (Fsp3) is 0.958. The van der Waals surface area contributed by atoms with E-state index in [1.165, 1.54) is 25.7 Å². The standard InChI is InChI=1S/C24H41F2N3O/c1-14-4-9-21(26)20-13-22(28-23(14)20)24(30)27-18-11-16(10-17(25)12-18)15-5-7-19(8-6-15)29(2)3/h14-23,28H,4-13H2,1-3H3,(H,27,30). The summed E-state index contributed by atoms with van der Waals surface area (Å²) in [6, 6.07) is 0.346. The molecule has 4 rings (SSSR count). The Hall–Kier alpha value is -0.750. The van der Waals surface area contributed by atoms with Gasteiger partial charge in [-0.1, -0.05) is 6.92 Å². The van der Waals surface area contributed by atoms with Gasteiger partial charge in [-0.15, -0.1) is 0 Å². The van der Waals surface area contributed by atoms with E-state index in [-0.39, 0.29) is 30.0 Å². The third-order valence-electron chi connectivity index (χ3n) is 8.83. The van der Waals surface area contributed by atoms with Gasteiger partial charge in [0, 0.05) is 24.0 Å². The molecule has 6 heteroatoms. The van der Waals surface area contributed by atoms with Crippen LogP contribution in [0.3, 0.4) is 0 Å². The monoisotopic (exact) mass is 425 g/mol. The molecule has 4 aliphatic rings. The first kappa shape index (κ1) is 22.4. The normalized spacial score (nSPS) is 47.1. The lowest BCUT2D eigenvalue weighted by molar-refractivity contribution is -0.124. The van der Waals surface area contributed by atoms with Gasteiger partial charge in [0.25, 0.3) is 0 Å². The van der Waals surface area contributed by atoms with Crippen LogP contribution < -0.4 is 10.6 Å². The van der Waals surface area contributed by atoms with Crippen LogP contribution in [0.5, 0.6) is 0 Å². The molecule has 4 nitrogen and oxygen atoms in total. The van der Waals surface area contributed by atoms with Gasteiger partial charge in [-0.2, -0.15) is 0 Å². The molecule has 0 aromatic heterocycles. The van der Waals surface area contributed by atoms with Crippen LogP contribution in [0.15, 0.2) is 0 Å². The second-order valence-electron chi connectivity index (χ2n) is 11.0. The van der Waals surface area contributed by atoms with Crippen molar-refractivity contribution < 1.29 is 13.6 Å². The molecule has 0 spiro atoms. The molecule has 0 aromatic rings. The molecule has 1 amide bonds. The minimum Gasteiger partial charge on any atom is -0.352 e. The Labute approximate surface area is 180 Å². The largest absolute Gasteiger partial charge is 0.352 e. The van der Waals surface area contributed by atoms with Crippen molar-refractivity contribution in [2.45, 2.75) is 108 Å². The van der Waals surface area contributed by atoms with Gasteiger partial charge >= 0.3 is 0 Å². The number of carbonyl (C=O) groups is 1. The van der Waals surface area contributed by atoms with E-state index < -0.39 is 12.3 Å². The summed E-state index contributed by atoms with van der Waals surface area (Å²) >= 11 is 0. The highest BCUT2D eigenvalue weighted by Crippen LogP contribution is 2.41. The van der Waals surface area contributed by atoms with E-state index in [0.29, 0.717) is 49.5 Å². The van der Waals surface area contributed by atoms with Gasteiger partial charge in [0.1, 0.15) is 12.3 Å². The Morgan fingerprint density at radius 3 is 2.33 bits per heavy atom. The highest BCUT2D eigenvalue weighted by atomic mass is 19.1. The highest BCUT2D eigenvalue weighted by molar-refractivity contribution is 5.82. The van der Waals surface area contributed by atoms with Gasteiger partial charge in [0.15, 0.2) is 0 Å². The Morgan fingerprint density at radius 2 is 1.67 bits per heavy atom. The van der Waals surface area contributed by atoms with Crippen LogP contribution in [-0.4, -0.2) is 61.4 Å². The summed E-state index contributed by atoms with van der Waals surface area (Å²) in [5.41, 5.74) is 0. The number of halogens is 2. The van der Waals surface area contributed by atoms with Crippen molar-refractivity contribution in [1.82, 2.24) is 15.5 Å². The minimum absolute atomic E-state index is 0.0436. The highest BCUT2D eigenvalue weighted by Gasteiger charge is 2.47. The molecule has 4 fully saturated rings. The molecule has 172 valence electrons. The van der Waals surface area contributed by atoms with Gasteiger partial charge in [-0.05, 0) is 96.1 Å². The number of alkyl halides is 2. The summed E-state index contributed by atoms with van der Waals surface area (Å²) in [7, 11) is 4.29. The van der Waals surface area contributed by atoms with Crippen molar-refractivity contribution in [3.63, 3.8) is 0 Å². The van der Waals surface area contributed by atoms with E-state index in [1.54, 1.807) is 0 Å². The van der Waals surface area contributed by atoms with E-state index in [0.717, 1.165) is 12.8 Å². The molecule has 0 bridgehead atoms. The van der Waals surface area contributed by atoms with Gasteiger partial charge in [-0.3, -0.25) is 4.79 Å². The first-order valence-corrected chi connectivity index (χ1v) is 12.3. The van der Waals surface area contributed by atoms with Crippen molar-refractivity contribution >= 4 is 5.91 Å². The molecular weight excluding hydrogens is 384 g/mol. The van der Waals surface area contributed by atoms with Crippen LogP contribution in [0, 0.1) is 23.7 Å². The number of hydrogen-bond acceptors (Lipinski definition) is 3. The van der Waals surface area contributed by atoms with Crippen molar-refractivity contribution in [3.8, 4) is 0 Å². The maximum atomic E-state index is 14.6. The Bertz CT molecular complexity index is 577. The number of fused-ring (bicyclic) bond motifs is 1. The summed E-state index contributed by atoms with van der Waals surface area (Å²) in [6.45, 7) is 2.15. The van der Waals surface area contributed by atoms with Crippen LogP contribution in [0.2, 0.25) is 0 Å². The third kappa shape index (κ3) is 4.85. The van der Waals surface area contributed by atoms with Crippen LogP contribution >= 0.6 is 0 Å². The number of rotatable bonds is 4. The second kappa shape index (κ2) is 9.40. The summed E-state index contributed by atoms with van der Waals surface area (Å²) in [4.78, 5) is 15.3. The van der Waals surface area contributed by atoms with Crippen molar-refractivity contribution in [2.75, 3.05) is 14.1 Å². The maximum Gasteiger partial charge on any atom is 0.237 e. The molecular formula is C24H41F2N3O. The molecule has 0 aromatic carbocycles. The molecule has 1 aliphatic heterocycles. The minimum atomic E-state index is -0.824. The predicted octanol–water partition coefficient (Wildman–Crippen LogP) is 3.84. The van der Waals surface area contributed by atoms with E-state index in [1.807, 2.05) is 0 Å². The molecule has 0 radical (unpaired) electrons. The van der Waals surface area contributed by atoms with Crippen molar-refractivity contribution in [3.05, 3.63) is 0 Å². The zero-order valence-electron chi connectivity index (χ0n) is 19.0. The van der Waals surface area contributed by atoms with Gasteiger partial charge in [-0.25, -0.2) is 8.78 Å². The van der Waals surface area contributed by atoms with E-state index in [4.69, 9.17) is 0 Å². The average molecular weight is 426 g/mol. The van der Waals surface area contributed by atoms with Crippen LogP contribution in [0.4, 0.5) is 8.78 Å². The first-order chi connectivity index (χ1) is 14.3. The van der Waals surface area contributed by atoms with Crippen molar-refractivity contribution in [1.29, 1.82) is 0 Å². The molecule has 3 aliphatic carbocycles. The van der Waals surface area contributed by atoms with E-state index in [2.05, 4.69) is 36.6 Å².